The third-order valence-electron chi connectivity index (χ3n) is 3.87. The second-order valence-electron chi connectivity index (χ2n) is 6.77. The van der Waals surface area contributed by atoms with E-state index in [2.05, 4.69) is 25.6 Å². The van der Waals surface area contributed by atoms with Crippen LogP contribution in [0.1, 0.15) is 19.5 Å². The normalized spacial score (nSPS) is 12.6. The van der Waals surface area contributed by atoms with Gasteiger partial charge in [0.2, 0.25) is 0 Å². The molecule has 0 aliphatic heterocycles. The number of hydrogen-bond donors (Lipinski definition) is 2. The quantitative estimate of drug-likeness (QED) is 0.576. The van der Waals surface area contributed by atoms with Gasteiger partial charge in [-0.25, -0.2) is 15.0 Å². The van der Waals surface area contributed by atoms with E-state index in [1.807, 2.05) is 13.8 Å². The second kappa shape index (κ2) is 8.78. The van der Waals surface area contributed by atoms with Crippen molar-refractivity contribution in [1.82, 2.24) is 15.0 Å². The Kier molecular flexibility index (Phi) is 6.35. The van der Waals surface area contributed by atoms with E-state index < -0.39 is 22.7 Å². The lowest BCUT2D eigenvalue weighted by Gasteiger charge is -2.14. The molecule has 2 aromatic heterocycles. The van der Waals surface area contributed by atoms with Gasteiger partial charge >= 0.3 is 6.18 Å². The van der Waals surface area contributed by atoms with Crippen molar-refractivity contribution in [3.63, 3.8) is 0 Å². The Hall–Kier alpha value is -3.01. The molecule has 2 heterocycles. The fourth-order valence-corrected chi connectivity index (χ4v) is 3.18. The molecule has 0 saturated carbocycles. The van der Waals surface area contributed by atoms with E-state index in [1.54, 1.807) is 36.6 Å². The molecule has 3 aromatic rings. The first-order chi connectivity index (χ1) is 14.1. The maximum absolute atomic E-state index is 13.1. The third-order valence-corrected chi connectivity index (χ3v) is 4.79. The van der Waals surface area contributed by atoms with Gasteiger partial charge in [0.1, 0.15) is 23.0 Å². The SMILES string of the molecule is CC(C)Nc1cc(Nc2cccc(S(C)=O)c2)nc(-c2cccc(C(F)(F)F)n2)n1. The lowest BCUT2D eigenvalue weighted by Crippen LogP contribution is -2.13. The van der Waals surface area contributed by atoms with Gasteiger partial charge in [-0.3, -0.25) is 4.21 Å². The summed E-state index contributed by atoms with van der Waals surface area (Å²) in [5, 5.41) is 6.22. The summed E-state index contributed by atoms with van der Waals surface area (Å²) in [5.41, 5.74) is -0.373. The van der Waals surface area contributed by atoms with Crippen LogP contribution in [0.15, 0.2) is 53.4 Å². The number of anilines is 3. The highest BCUT2D eigenvalue weighted by Crippen LogP contribution is 2.29. The Morgan fingerprint density at radius 3 is 2.33 bits per heavy atom. The van der Waals surface area contributed by atoms with Crippen molar-refractivity contribution in [2.24, 2.45) is 0 Å². The van der Waals surface area contributed by atoms with Crippen LogP contribution in [0.25, 0.3) is 11.5 Å². The minimum absolute atomic E-state index is 0.00342. The minimum Gasteiger partial charge on any atom is -0.368 e. The number of hydrogen-bond acceptors (Lipinski definition) is 6. The van der Waals surface area contributed by atoms with Crippen LogP contribution in [0, 0.1) is 0 Å². The summed E-state index contributed by atoms with van der Waals surface area (Å²) in [6.07, 6.45) is -2.99. The number of nitrogens with one attached hydrogen (secondary N) is 2. The largest absolute Gasteiger partial charge is 0.433 e. The maximum atomic E-state index is 13.1. The molecule has 10 heteroatoms. The number of rotatable bonds is 6. The van der Waals surface area contributed by atoms with Gasteiger partial charge in [0.25, 0.3) is 0 Å². The second-order valence-corrected chi connectivity index (χ2v) is 8.15. The van der Waals surface area contributed by atoms with Crippen LogP contribution in [0.3, 0.4) is 0 Å². The summed E-state index contributed by atoms with van der Waals surface area (Å²) >= 11 is 0. The van der Waals surface area contributed by atoms with Crippen LogP contribution in [0.4, 0.5) is 30.5 Å². The molecule has 30 heavy (non-hydrogen) atoms. The van der Waals surface area contributed by atoms with E-state index in [1.165, 1.54) is 12.1 Å². The van der Waals surface area contributed by atoms with Gasteiger partial charge < -0.3 is 10.6 Å². The molecule has 1 unspecified atom stereocenters. The van der Waals surface area contributed by atoms with Crippen molar-refractivity contribution in [2.45, 2.75) is 31.0 Å². The van der Waals surface area contributed by atoms with Crippen molar-refractivity contribution in [3.8, 4) is 11.5 Å². The molecule has 2 N–H and O–H groups in total. The summed E-state index contributed by atoms with van der Waals surface area (Å²) in [5.74, 6) is 0.845. The summed E-state index contributed by atoms with van der Waals surface area (Å²) in [6.45, 7) is 3.83. The van der Waals surface area contributed by atoms with Gasteiger partial charge in [0.05, 0.1) is 0 Å². The van der Waals surface area contributed by atoms with Crippen molar-refractivity contribution in [1.29, 1.82) is 0 Å². The lowest BCUT2D eigenvalue weighted by atomic mass is 10.2. The fraction of sp³-hybridized carbons (Fsp3) is 0.250. The zero-order valence-corrected chi connectivity index (χ0v) is 17.3. The molecular weight excluding hydrogens is 415 g/mol. The van der Waals surface area contributed by atoms with Crippen LogP contribution >= 0.6 is 0 Å². The molecule has 1 atom stereocenters. The predicted octanol–water partition coefficient (Wildman–Crippen LogP) is 4.86. The van der Waals surface area contributed by atoms with Gasteiger partial charge in [0.15, 0.2) is 5.82 Å². The molecule has 0 saturated heterocycles. The highest BCUT2D eigenvalue weighted by atomic mass is 32.2. The Labute approximate surface area is 174 Å². The highest BCUT2D eigenvalue weighted by molar-refractivity contribution is 7.84. The number of nitrogens with zero attached hydrogens (tertiary/aromatic N) is 3. The standard InChI is InChI=1S/C20H20F3N5OS/c1-12(2)24-17-11-18(25-13-6-4-7-14(10-13)30(3)29)28-19(27-17)15-8-5-9-16(26-15)20(21,22)23/h4-12H,1-3H3,(H2,24,25,27,28). The van der Waals surface area contributed by atoms with Crippen molar-refractivity contribution in [2.75, 3.05) is 16.9 Å². The van der Waals surface area contributed by atoms with Crippen LogP contribution in [-0.4, -0.2) is 31.5 Å². The van der Waals surface area contributed by atoms with Gasteiger partial charge in [-0.05, 0) is 44.2 Å². The van der Waals surface area contributed by atoms with Crippen LogP contribution < -0.4 is 10.6 Å². The Morgan fingerprint density at radius 2 is 1.67 bits per heavy atom. The molecule has 0 fully saturated rings. The smallest absolute Gasteiger partial charge is 0.368 e. The van der Waals surface area contributed by atoms with E-state index in [0.717, 1.165) is 6.07 Å². The van der Waals surface area contributed by atoms with Crippen molar-refractivity contribution < 1.29 is 17.4 Å². The first kappa shape index (κ1) is 21.7. The van der Waals surface area contributed by atoms with Crippen LogP contribution in [0.5, 0.6) is 0 Å². The molecule has 0 amide bonds. The Morgan fingerprint density at radius 1 is 0.967 bits per heavy atom. The lowest BCUT2D eigenvalue weighted by molar-refractivity contribution is -0.141. The number of benzene rings is 1. The van der Waals surface area contributed by atoms with Gasteiger partial charge in [-0.1, -0.05) is 12.1 Å². The first-order valence-corrected chi connectivity index (χ1v) is 10.6. The number of halogens is 3. The molecule has 3 rings (SSSR count). The Balaban J connectivity index is 2.03. The van der Waals surface area contributed by atoms with E-state index in [0.29, 0.717) is 22.2 Å². The topological polar surface area (TPSA) is 79.8 Å². The van der Waals surface area contributed by atoms with Crippen molar-refractivity contribution >= 4 is 28.1 Å². The number of aromatic nitrogens is 3. The summed E-state index contributed by atoms with van der Waals surface area (Å²) < 4.78 is 50.9. The van der Waals surface area contributed by atoms with Crippen molar-refractivity contribution in [3.05, 3.63) is 54.2 Å². The molecule has 0 radical (unpaired) electrons. The van der Waals surface area contributed by atoms with Gasteiger partial charge in [0, 0.05) is 39.7 Å². The monoisotopic (exact) mass is 435 g/mol. The molecule has 0 aliphatic rings. The third kappa shape index (κ3) is 5.53. The maximum Gasteiger partial charge on any atom is 0.433 e. The molecule has 1 aromatic carbocycles. The van der Waals surface area contributed by atoms with E-state index in [9.17, 15) is 17.4 Å². The van der Waals surface area contributed by atoms with E-state index in [-0.39, 0.29) is 17.6 Å². The zero-order valence-electron chi connectivity index (χ0n) is 16.5. The molecule has 0 aliphatic carbocycles. The summed E-state index contributed by atoms with van der Waals surface area (Å²) in [7, 11) is -1.16. The predicted molar refractivity (Wildman–Crippen MR) is 111 cm³/mol. The number of alkyl halides is 3. The van der Waals surface area contributed by atoms with Crippen LogP contribution in [-0.2, 0) is 17.0 Å². The minimum atomic E-state index is -4.57. The molecule has 6 nitrogen and oxygen atoms in total. The Bertz CT molecular complexity index is 1070. The molecular formula is C20H20F3N5OS. The van der Waals surface area contributed by atoms with Gasteiger partial charge in [-0.2, -0.15) is 13.2 Å². The van der Waals surface area contributed by atoms with E-state index in [4.69, 9.17) is 0 Å². The average molecular weight is 435 g/mol. The summed E-state index contributed by atoms with van der Waals surface area (Å²) in [4.78, 5) is 13.0. The molecule has 158 valence electrons. The average Bonchev–Trinajstić information content (AvgIpc) is 2.67. The van der Waals surface area contributed by atoms with Crippen LogP contribution in [0.2, 0.25) is 0 Å². The van der Waals surface area contributed by atoms with Gasteiger partial charge in [-0.15, -0.1) is 0 Å². The first-order valence-electron chi connectivity index (χ1n) is 9.02. The zero-order chi connectivity index (χ0) is 21.9. The molecule has 0 spiro atoms. The van der Waals surface area contributed by atoms with E-state index >= 15 is 0 Å². The molecule has 0 bridgehead atoms. The fourth-order valence-electron chi connectivity index (χ4n) is 2.61. The number of pyridine rings is 1. The summed E-state index contributed by atoms with van der Waals surface area (Å²) in [6, 6.07) is 12.3. The highest BCUT2D eigenvalue weighted by Gasteiger charge is 2.32.